The number of piperidine rings is 1. The largest absolute Gasteiger partial charge is 0.360 e. The number of aryl methyl sites for hydroxylation is 1. The van der Waals surface area contributed by atoms with Gasteiger partial charge >= 0.3 is 0 Å². The number of piperazine rings is 1. The predicted octanol–water partition coefficient (Wildman–Crippen LogP) is 5.65. The Kier molecular flexibility index (Phi) is 7.98. The van der Waals surface area contributed by atoms with Gasteiger partial charge in [0, 0.05) is 62.2 Å². The zero-order valence-electron chi connectivity index (χ0n) is 23.5. The fourth-order valence-corrected chi connectivity index (χ4v) is 6.86. The lowest BCUT2D eigenvalue weighted by molar-refractivity contribution is 0.0577. The van der Waals surface area contributed by atoms with Gasteiger partial charge in [-0.15, -0.1) is 11.3 Å². The summed E-state index contributed by atoms with van der Waals surface area (Å²) >= 11 is 1.56. The molecule has 2 saturated heterocycles. The van der Waals surface area contributed by atoms with Crippen molar-refractivity contribution in [3.63, 3.8) is 0 Å². The number of likely N-dealkylation sites (tertiary alicyclic amines) is 1. The Morgan fingerprint density at radius 1 is 0.878 bits per heavy atom. The number of carbonyl (C=O) groups is 2. The molecule has 212 valence electrons. The minimum absolute atomic E-state index is 0.0171. The summed E-state index contributed by atoms with van der Waals surface area (Å²) in [6.45, 7) is 8.39. The summed E-state index contributed by atoms with van der Waals surface area (Å²) in [6, 6.07) is 20.5. The third kappa shape index (κ3) is 5.69. The average molecular weight is 570 g/mol. The summed E-state index contributed by atoms with van der Waals surface area (Å²) in [4.78, 5) is 37.8. The van der Waals surface area contributed by atoms with Gasteiger partial charge < -0.3 is 14.3 Å². The molecule has 0 N–H and O–H groups in total. The molecule has 0 spiro atoms. The van der Waals surface area contributed by atoms with E-state index in [0.29, 0.717) is 54.9 Å². The van der Waals surface area contributed by atoms with Crippen molar-refractivity contribution in [1.82, 2.24) is 24.8 Å². The molecular formula is C32H35N5O3S. The van der Waals surface area contributed by atoms with Crippen molar-refractivity contribution in [2.75, 3.05) is 39.3 Å². The second-order valence-corrected chi connectivity index (χ2v) is 11.8. The van der Waals surface area contributed by atoms with E-state index in [2.05, 4.69) is 41.2 Å². The van der Waals surface area contributed by atoms with Crippen molar-refractivity contribution >= 4 is 23.2 Å². The number of carbonyl (C=O) groups excluding carboxylic acids is 2. The van der Waals surface area contributed by atoms with Gasteiger partial charge in [-0.1, -0.05) is 65.8 Å². The van der Waals surface area contributed by atoms with Crippen molar-refractivity contribution in [2.24, 2.45) is 0 Å². The second kappa shape index (κ2) is 12.0. The molecule has 2 aliphatic rings. The number of aromatic nitrogens is 2. The van der Waals surface area contributed by atoms with E-state index in [4.69, 9.17) is 9.51 Å². The highest BCUT2D eigenvalue weighted by Gasteiger charge is 2.32. The highest BCUT2D eigenvalue weighted by atomic mass is 32.1. The van der Waals surface area contributed by atoms with Crippen molar-refractivity contribution in [2.45, 2.75) is 38.6 Å². The molecule has 0 aliphatic carbocycles. The van der Waals surface area contributed by atoms with E-state index in [1.165, 1.54) is 5.56 Å². The first-order chi connectivity index (χ1) is 20.0. The van der Waals surface area contributed by atoms with Crippen LogP contribution in [0.15, 0.2) is 70.6 Å². The first kappa shape index (κ1) is 27.4. The number of hydrogen-bond donors (Lipinski definition) is 0. The van der Waals surface area contributed by atoms with E-state index in [1.807, 2.05) is 51.6 Å². The summed E-state index contributed by atoms with van der Waals surface area (Å²) in [5.41, 5.74) is 3.84. The first-order valence-corrected chi connectivity index (χ1v) is 15.2. The normalized spacial score (nSPS) is 17.5. The molecule has 1 unspecified atom stereocenters. The quantitative estimate of drug-likeness (QED) is 0.299. The third-order valence-electron chi connectivity index (χ3n) is 8.43. The predicted molar refractivity (Wildman–Crippen MR) is 159 cm³/mol. The third-order valence-corrected chi connectivity index (χ3v) is 9.43. The Bertz CT molecular complexity index is 1490. The topological polar surface area (TPSA) is 82.8 Å². The number of nitrogens with zero attached hydrogens (tertiary/aromatic N) is 5. The molecule has 8 nitrogen and oxygen atoms in total. The highest BCUT2D eigenvalue weighted by Crippen LogP contribution is 2.33. The number of hydrogen-bond acceptors (Lipinski definition) is 7. The summed E-state index contributed by atoms with van der Waals surface area (Å²) < 4.78 is 5.42. The van der Waals surface area contributed by atoms with Gasteiger partial charge in [0.2, 0.25) is 0 Å². The second-order valence-electron chi connectivity index (χ2n) is 10.9. The van der Waals surface area contributed by atoms with Crippen LogP contribution in [0.2, 0.25) is 0 Å². The molecule has 2 aromatic heterocycles. The van der Waals surface area contributed by atoms with Crippen LogP contribution in [0.5, 0.6) is 0 Å². The van der Waals surface area contributed by atoms with Crippen molar-refractivity contribution in [3.05, 3.63) is 93.6 Å². The maximum absolute atomic E-state index is 13.5. The minimum atomic E-state index is -0.0446. The lowest BCUT2D eigenvalue weighted by Crippen LogP contribution is -2.49. The van der Waals surface area contributed by atoms with Crippen LogP contribution in [0.4, 0.5) is 0 Å². The Labute approximate surface area is 244 Å². The van der Waals surface area contributed by atoms with E-state index in [-0.39, 0.29) is 17.7 Å². The Morgan fingerprint density at radius 3 is 2.20 bits per heavy atom. The minimum Gasteiger partial charge on any atom is -0.360 e. The fraction of sp³-hybridized carbons (Fsp3) is 0.375. The molecule has 4 heterocycles. The SMILES string of the molecule is Cc1onc(-c2ccccc2)c1C(=O)N1CCC(c2nc(C(=O)N3CCN(C(C)c4ccccc4)CC3)cs2)CC1. The Morgan fingerprint density at radius 2 is 1.51 bits per heavy atom. The fourth-order valence-electron chi connectivity index (χ4n) is 5.89. The van der Waals surface area contributed by atoms with E-state index in [9.17, 15) is 9.59 Å². The molecule has 2 amide bonds. The number of thiazole rings is 1. The van der Waals surface area contributed by atoms with Gasteiger partial charge in [0.25, 0.3) is 11.8 Å². The molecule has 2 aliphatic heterocycles. The van der Waals surface area contributed by atoms with Crippen LogP contribution in [0.3, 0.4) is 0 Å². The molecule has 0 bridgehead atoms. The molecule has 6 rings (SSSR count). The average Bonchev–Trinajstić information content (AvgIpc) is 3.68. The van der Waals surface area contributed by atoms with Crippen molar-refractivity contribution < 1.29 is 14.1 Å². The number of amides is 2. The monoisotopic (exact) mass is 569 g/mol. The van der Waals surface area contributed by atoms with Gasteiger partial charge in [-0.05, 0) is 32.3 Å². The lowest BCUT2D eigenvalue weighted by atomic mass is 9.96. The van der Waals surface area contributed by atoms with Gasteiger partial charge in [-0.3, -0.25) is 14.5 Å². The highest BCUT2D eigenvalue weighted by molar-refractivity contribution is 7.09. The van der Waals surface area contributed by atoms with Gasteiger partial charge in [-0.2, -0.15) is 0 Å². The maximum atomic E-state index is 13.5. The summed E-state index contributed by atoms with van der Waals surface area (Å²) in [7, 11) is 0. The smallest absolute Gasteiger partial charge is 0.273 e. The van der Waals surface area contributed by atoms with Crippen LogP contribution in [0.25, 0.3) is 11.3 Å². The molecule has 9 heteroatoms. The van der Waals surface area contributed by atoms with Gasteiger partial charge in [-0.25, -0.2) is 4.98 Å². The molecular weight excluding hydrogens is 534 g/mol. The van der Waals surface area contributed by atoms with Crippen LogP contribution >= 0.6 is 11.3 Å². The number of benzene rings is 2. The molecule has 0 radical (unpaired) electrons. The Balaban J connectivity index is 1.04. The van der Waals surface area contributed by atoms with Crippen LogP contribution in [-0.2, 0) is 0 Å². The zero-order chi connectivity index (χ0) is 28.3. The van der Waals surface area contributed by atoms with Crippen molar-refractivity contribution in [1.29, 1.82) is 0 Å². The zero-order valence-corrected chi connectivity index (χ0v) is 24.3. The molecule has 2 fully saturated rings. The van der Waals surface area contributed by atoms with Crippen molar-refractivity contribution in [3.8, 4) is 11.3 Å². The summed E-state index contributed by atoms with van der Waals surface area (Å²) in [5, 5.41) is 7.07. The standard InChI is InChI=1S/C32H35N5O3S/c1-22(24-9-5-3-6-10-24)35-17-19-37(20-18-35)31(38)27-21-41-30(33-27)26-13-15-36(16-14-26)32(39)28-23(2)40-34-29(28)25-11-7-4-8-12-25/h3-12,21-22,26H,13-20H2,1-2H3. The van der Waals surface area contributed by atoms with E-state index >= 15 is 0 Å². The van der Waals surface area contributed by atoms with E-state index in [0.717, 1.165) is 36.5 Å². The van der Waals surface area contributed by atoms with Gasteiger partial charge in [0.1, 0.15) is 22.7 Å². The molecule has 2 aromatic carbocycles. The number of rotatable bonds is 6. The first-order valence-electron chi connectivity index (χ1n) is 14.3. The molecule has 1 atom stereocenters. The molecule has 0 saturated carbocycles. The lowest BCUT2D eigenvalue weighted by Gasteiger charge is -2.38. The Hall–Kier alpha value is -3.82. The maximum Gasteiger partial charge on any atom is 0.273 e. The van der Waals surface area contributed by atoms with E-state index < -0.39 is 0 Å². The van der Waals surface area contributed by atoms with E-state index in [1.54, 1.807) is 18.3 Å². The van der Waals surface area contributed by atoms with Crippen LogP contribution < -0.4 is 0 Å². The molecule has 41 heavy (non-hydrogen) atoms. The summed E-state index contributed by atoms with van der Waals surface area (Å²) in [5.74, 6) is 0.751. The summed E-state index contributed by atoms with van der Waals surface area (Å²) in [6.07, 6.45) is 1.63. The van der Waals surface area contributed by atoms with Gasteiger partial charge in [0.15, 0.2) is 0 Å². The van der Waals surface area contributed by atoms with Crippen LogP contribution in [0, 0.1) is 6.92 Å². The van der Waals surface area contributed by atoms with Gasteiger partial charge in [0.05, 0.1) is 5.01 Å². The van der Waals surface area contributed by atoms with Crippen LogP contribution in [0.1, 0.15) is 68.9 Å². The molecule has 4 aromatic rings. The van der Waals surface area contributed by atoms with Crippen LogP contribution in [-0.4, -0.2) is 75.9 Å².